The summed E-state index contributed by atoms with van der Waals surface area (Å²) in [7, 11) is 0. The number of anilines is 2. The molecule has 1 aromatic carbocycles. The minimum absolute atomic E-state index is 0.191. The van der Waals surface area contributed by atoms with Gasteiger partial charge in [0.2, 0.25) is 5.95 Å². The van der Waals surface area contributed by atoms with E-state index in [0.29, 0.717) is 16.3 Å². The van der Waals surface area contributed by atoms with E-state index in [1.807, 2.05) is 17.7 Å². The molecule has 3 nitrogen and oxygen atoms in total. The number of aromatic nitrogens is 2. The molecule has 1 heterocycles. The third-order valence-corrected chi connectivity index (χ3v) is 3.16. The lowest BCUT2D eigenvalue weighted by Crippen LogP contribution is -2.09. The van der Waals surface area contributed by atoms with Gasteiger partial charge >= 0.3 is 0 Å². The number of nitrogens with one attached hydrogen (secondary N) is 1. The van der Waals surface area contributed by atoms with E-state index in [4.69, 9.17) is 0 Å². The molecule has 2 rings (SSSR count). The van der Waals surface area contributed by atoms with Gasteiger partial charge in [0, 0.05) is 17.2 Å². The average molecular weight is 344 g/mol. The normalized spacial score (nSPS) is 11.2. The van der Waals surface area contributed by atoms with Gasteiger partial charge in [-0.2, -0.15) is 0 Å². The Morgan fingerprint density at radius 2 is 1.90 bits per heavy atom. The Morgan fingerprint density at radius 1 is 1.30 bits per heavy atom. The number of benzene rings is 1. The fraction of sp³-hybridized carbons (Fsp3) is 0.357. The molecule has 0 aliphatic heterocycles. The highest BCUT2D eigenvalue weighted by molar-refractivity contribution is 9.10. The first-order valence-electron chi connectivity index (χ1n) is 6.32. The predicted octanol–water partition coefficient (Wildman–Crippen LogP) is 4.63. The van der Waals surface area contributed by atoms with Gasteiger partial charge in [-0.15, -0.1) is 0 Å². The zero-order valence-corrected chi connectivity index (χ0v) is 13.1. The van der Waals surface area contributed by atoms with E-state index in [1.54, 1.807) is 0 Å². The molecule has 0 unspecified atom stereocenters. The molecule has 108 valence electrons. The number of rotatable bonds is 4. The second kappa shape index (κ2) is 5.91. The van der Waals surface area contributed by atoms with Crippen molar-refractivity contribution in [3.8, 4) is 0 Å². The molecule has 6 heteroatoms. The molecule has 0 aliphatic carbocycles. The summed E-state index contributed by atoms with van der Waals surface area (Å²) in [5.41, 5.74) is 0.606. The molecule has 0 saturated heterocycles. The molecule has 2 aromatic rings. The Labute approximate surface area is 125 Å². The van der Waals surface area contributed by atoms with E-state index in [0.717, 1.165) is 12.2 Å². The predicted molar refractivity (Wildman–Crippen MR) is 79.1 cm³/mol. The number of hydrogen-bond acceptors (Lipinski definition) is 2. The lowest BCUT2D eigenvalue weighted by atomic mass is 10.2. The minimum Gasteiger partial charge on any atom is -0.321 e. The van der Waals surface area contributed by atoms with E-state index >= 15 is 0 Å². The fourth-order valence-electron chi connectivity index (χ4n) is 1.95. The van der Waals surface area contributed by atoms with E-state index < -0.39 is 11.6 Å². The van der Waals surface area contributed by atoms with Crippen molar-refractivity contribution >= 4 is 27.6 Å². The van der Waals surface area contributed by atoms with E-state index in [1.165, 1.54) is 12.1 Å². The number of halogens is 3. The highest BCUT2D eigenvalue weighted by Gasteiger charge is 2.14. The Morgan fingerprint density at radius 3 is 2.45 bits per heavy atom. The van der Waals surface area contributed by atoms with Gasteiger partial charge in [-0.3, -0.25) is 0 Å². The Balaban J connectivity index is 2.35. The number of imidazole rings is 1. The van der Waals surface area contributed by atoms with Gasteiger partial charge in [0.15, 0.2) is 11.6 Å². The van der Waals surface area contributed by atoms with Crippen molar-refractivity contribution in [3.05, 3.63) is 40.1 Å². The van der Waals surface area contributed by atoms with Gasteiger partial charge in [0.1, 0.15) is 5.69 Å². The van der Waals surface area contributed by atoms with Crippen LogP contribution in [0, 0.1) is 24.5 Å². The summed E-state index contributed by atoms with van der Waals surface area (Å²) in [4.78, 5) is 4.27. The SMILES string of the molecule is Cc1cn(CC(C)C)c(Nc2c(F)cc(Br)cc2F)n1. The summed E-state index contributed by atoms with van der Waals surface area (Å²) >= 11 is 3.06. The van der Waals surface area contributed by atoms with Crippen LogP contribution >= 0.6 is 15.9 Å². The highest BCUT2D eigenvalue weighted by atomic mass is 79.9. The van der Waals surface area contributed by atoms with Crippen LogP contribution in [0.3, 0.4) is 0 Å². The zero-order chi connectivity index (χ0) is 14.9. The molecular weight excluding hydrogens is 328 g/mol. The van der Waals surface area contributed by atoms with Crippen molar-refractivity contribution in [3.63, 3.8) is 0 Å². The monoisotopic (exact) mass is 343 g/mol. The first-order valence-corrected chi connectivity index (χ1v) is 7.11. The van der Waals surface area contributed by atoms with Crippen LogP contribution in [0.25, 0.3) is 0 Å². The van der Waals surface area contributed by atoms with Crippen LogP contribution in [0.5, 0.6) is 0 Å². The lowest BCUT2D eigenvalue weighted by molar-refractivity contribution is 0.526. The average Bonchev–Trinajstić information content (AvgIpc) is 2.63. The summed E-state index contributed by atoms with van der Waals surface area (Å²) in [5, 5.41) is 2.74. The Bertz CT molecular complexity index is 600. The molecule has 0 fully saturated rings. The van der Waals surface area contributed by atoms with Crippen LogP contribution in [0.15, 0.2) is 22.8 Å². The lowest BCUT2D eigenvalue weighted by Gasteiger charge is -2.13. The largest absolute Gasteiger partial charge is 0.321 e. The van der Waals surface area contributed by atoms with E-state index in [9.17, 15) is 8.78 Å². The van der Waals surface area contributed by atoms with Crippen LogP contribution < -0.4 is 5.32 Å². The molecule has 0 aliphatic rings. The zero-order valence-electron chi connectivity index (χ0n) is 11.5. The first kappa shape index (κ1) is 15.0. The van der Waals surface area contributed by atoms with Crippen molar-refractivity contribution in [1.29, 1.82) is 0 Å². The molecule has 0 atom stereocenters. The third kappa shape index (κ3) is 3.36. The molecule has 0 saturated carbocycles. The maximum absolute atomic E-state index is 13.8. The fourth-order valence-corrected chi connectivity index (χ4v) is 2.35. The quantitative estimate of drug-likeness (QED) is 0.876. The van der Waals surface area contributed by atoms with Gasteiger partial charge in [0.05, 0.1) is 5.69 Å². The summed E-state index contributed by atoms with van der Waals surface area (Å²) < 4.78 is 29.9. The molecule has 1 N–H and O–H groups in total. The Kier molecular flexibility index (Phi) is 4.42. The van der Waals surface area contributed by atoms with Crippen LogP contribution in [-0.4, -0.2) is 9.55 Å². The van der Waals surface area contributed by atoms with Crippen LogP contribution in [0.4, 0.5) is 20.4 Å². The van der Waals surface area contributed by atoms with Gasteiger partial charge in [-0.1, -0.05) is 29.8 Å². The van der Waals surface area contributed by atoms with Gasteiger partial charge in [-0.05, 0) is 25.0 Å². The van der Waals surface area contributed by atoms with Gasteiger partial charge in [0.25, 0.3) is 0 Å². The standard InChI is InChI=1S/C14H16BrF2N3/c1-8(2)6-20-7-9(3)18-14(20)19-13-11(16)4-10(15)5-12(13)17/h4-5,7-8H,6H2,1-3H3,(H,18,19). The summed E-state index contributed by atoms with van der Waals surface area (Å²) in [6.07, 6.45) is 1.86. The maximum atomic E-state index is 13.8. The van der Waals surface area contributed by atoms with Crippen molar-refractivity contribution < 1.29 is 8.78 Å². The molecule has 0 bridgehead atoms. The Hall–Kier alpha value is -1.43. The molecule has 20 heavy (non-hydrogen) atoms. The van der Waals surface area contributed by atoms with Gasteiger partial charge < -0.3 is 9.88 Å². The number of hydrogen-bond donors (Lipinski definition) is 1. The molecular formula is C14H16BrF2N3. The van der Waals surface area contributed by atoms with Crippen molar-refractivity contribution in [2.24, 2.45) is 5.92 Å². The summed E-state index contributed by atoms with van der Waals surface area (Å²) in [6.45, 7) is 6.71. The van der Waals surface area contributed by atoms with Crippen LogP contribution in [-0.2, 0) is 6.54 Å². The molecule has 0 radical (unpaired) electrons. The maximum Gasteiger partial charge on any atom is 0.207 e. The van der Waals surface area contributed by atoms with Crippen LogP contribution in [0.1, 0.15) is 19.5 Å². The second-order valence-corrected chi connectivity index (χ2v) is 6.04. The third-order valence-electron chi connectivity index (χ3n) is 2.70. The molecule has 1 aromatic heterocycles. The topological polar surface area (TPSA) is 29.9 Å². The second-order valence-electron chi connectivity index (χ2n) is 5.12. The first-order chi connectivity index (χ1) is 9.36. The van der Waals surface area contributed by atoms with Crippen molar-refractivity contribution in [2.45, 2.75) is 27.3 Å². The van der Waals surface area contributed by atoms with Crippen molar-refractivity contribution in [1.82, 2.24) is 9.55 Å². The minimum atomic E-state index is -0.659. The van der Waals surface area contributed by atoms with E-state index in [-0.39, 0.29) is 5.69 Å². The number of nitrogens with zero attached hydrogens (tertiary/aromatic N) is 2. The molecule has 0 spiro atoms. The summed E-state index contributed by atoms with van der Waals surface area (Å²) in [6, 6.07) is 2.43. The van der Waals surface area contributed by atoms with Crippen molar-refractivity contribution in [2.75, 3.05) is 5.32 Å². The van der Waals surface area contributed by atoms with E-state index in [2.05, 4.69) is 40.1 Å². The number of aryl methyl sites for hydroxylation is 1. The summed E-state index contributed by atoms with van der Waals surface area (Å²) in [5.74, 6) is -0.470. The molecule has 0 amide bonds. The van der Waals surface area contributed by atoms with Gasteiger partial charge in [-0.25, -0.2) is 13.8 Å². The highest BCUT2D eigenvalue weighted by Crippen LogP contribution is 2.27. The smallest absolute Gasteiger partial charge is 0.207 e. The van der Waals surface area contributed by atoms with Crippen LogP contribution in [0.2, 0.25) is 0 Å².